The van der Waals surface area contributed by atoms with Gasteiger partial charge in [0.1, 0.15) is 11.6 Å². The summed E-state index contributed by atoms with van der Waals surface area (Å²) in [6.07, 6.45) is 3.32. The van der Waals surface area contributed by atoms with Crippen LogP contribution < -0.4 is 10.9 Å². The summed E-state index contributed by atoms with van der Waals surface area (Å²) in [6, 6.07) is 16.7. The first-order chi connectivity index (χ1) is 12.2. The standard InChI is InChI=1S/C19H15N3O2S/c1-25-17-14(11-20)19(24)22-10-6-5-9-15(22)16(17)18(23)21-12-13-7-3-2-4-8-13/h2-10H,12H2,1H3,(H,21,23). The van der Waals surface area contributed by atoms with Crippen LogP contribution >= 0.6 is 11.8 Å². The van der Waals surface area contributed by atoms with Gasteiger partial charge in [-0.3, -0.25) is 14.0 Å². The highest BCUT2D eigenvalue weighted by molar-refractivity contribution is 7.98. The quantitative estimate of drug-likeness (QED) is 0.735. The fourth-order valence-electron chi connectivity index (χ4n) is 2.67. The van der Waals surface area contributed by atoms with Gasteiger partial charge in [0, 0.05) is 17.6 Å². The molecule has 2 aromatic heterocycles. The number of nitriles is 1. The van der Waals surface area contributed by atoms with Crippen molar-refractivity contribution < 1.29 is 4.79 Å². The van der Waals surface area contributed by atoms with Crippen LogP contribution in [0.5, 0.6) is 0 Å². The summed E-state index contributed by atoms with van der Waals surface area (Å²) in [5.41, 5.74) is 1.38. The Kier molecular flexibility index (Phi) is 4.87. The van der Waals surface area contributed by atoms with E-state index in [4.69, 9.17) is 0 Å². The number of carbonyl (C=O) groups is 1. The Balaban J connectivity index is 2.11. The Morgan fingerprint density at radius 2 is 1.92 bits per heavy atom. The molecule has 0 bridgehead atoms. The molecule has 0 fully saturated rings. The Labute approximate surface area is 148 Å². The molecule has 6 heteroatoms. The zero-order valence-corrected chi connectivity index (χ0v) is 14.3. The maximum absolute atomic E-state index is 12.8. The van der Waals surface area contributed by atoms with Crippen molar-refractivity contribution in [3.05, 3.63) is 81.8 Å². The minimum Gasteiger partial charge on any atom is -0.348 e. The van der Waals surface area contributed by atoms with Crippen molar-refractivity contribution >= 4 is 23.2 Å². The lowest BCUT2D eigenvalue weighted by Crippen LogP contribution is -2.28. The molecule has 0 saturated carbocycles. The molecule has 0 atom stereocenters. The molecule has 25 heavy (non-hydrogen) atoms. The average molecular weight is 349 g/mol. The molecule has 0 radical (unpaired) electrons. The van der Waals surface area contributed by atoms with Gasteiger partial charge in [-0.25, -0.2) is 0 Å². The molecule has 1 N–H and O–H groups in total. The van der Waals surface area contributed by atoms with E-state index in [1.807, 2.05) is 36.4 Å². The highest BCUT2D eigenvalue weighted by atomic mass is 32.2. The minimum absolute atomic E-state index is 0.0129. The van der Waals surface area contributed by atoms with E-state index in [9.17, 15) is 14.9 Å². The maximum atomic E-state index is 12.8. The van der Waals surface area contributed by atoms with Gasteiger partial charge in [0.05, 0.1) is 11.1 Å². The van der Waals surface area contributed by atoms with Gasteiger partial charge in [-0.05, 0) is 24.0 Å². The van der Waals surface area contributed by atoms with E-state index >= 15 is 0 Å². The molecule has 124 valence electrons. The highest BCUT2D eigenvalue weighted by Gasteiger charge is 2.22. The van der Waals surface area contributed by atoms with Gasteiger partial charge < -0.3 is 5.32 Å². The van der Waals surface area contributed by atoms with Crippen molar-refractivity contribution in [3.8, 4) is 6.07 Å². The van der Waals surface area contributed by atoms with Crippen molar-refractivity contribution in [2.75, 3.05) is 6.26 Å². The summed E-state index contributed by atoms with van der Waals surface area (Å²) in [4.78, 5) is 25.7. The van der Waals surface area contributed by atoms with Gasteiger partial charge in [-0.1, -0.05) is 36.4 Å². The number of rotatable bonds is 4. The van der Waals surface area contributed by atoms with E-state index in [-0.39, 0.29) is 11.5 Å². The van der Waals surface area contributed by atoms with E-state index in [1.165, 1.54) is 16.2 Å². The number of thioether (sulfide) groups is 1. The molecule has 3 rings (SSSR count). The molecule has 0 aliphatic rings. The third-order valence-electron chi connectivity index (χ3n) is 3.84. The number of nitrogens with one attached hydrogen (secondary N) is 1. The van der Waals surface area contributed by atoms with Gasteiger partial charge in [0.15, 0.2) is 0 Å². The van der Waals surface area contributed by atoms with E-state index in [1.54, 1.807) is 30.7 Å². The lowest BCUT2D eigenvalue weighted by atomic mass is 10.1. The van der Waals surface area contributed by atoms with Crippen molar-refractivity contribution in [2.45, 2.75) is 11.4 Å². The molecular formula is C19H15N3O2S. The Morgan fingerprint density at radius 3 is 2.60 bits per heavy atom. The van der Waals surface area contributed by atoms with Crippen molar-refractivity contribution in [3.63, 3.8) is 0 Å². The summed E-state index contributed by atoms with van der Waals surface area (Å²) < 4.78 is 1.34. The van der Waals surface area contributed by atoms with Gasteiger partial charge in [0.25, 0.3) is 11.5 Å². The maximum Gasteiger partial charge on any atom is 0.274 e. The number of aromatic nitrogens is 1. The van der Waals surface area contributed by atoms with Gasteiger partial charge in [-0.15, -0.1) is 11.8 Å². The zero-order chi connectivity index (χ0) is 17.8. The first kappa shape index (κ1) is 16.8. The van der Waals surface area contributed by atoms with Crippen LogP contribution in [0.4, 0.5) is 0 Å². The average Bonchev–Trinajstić information content (AvgIpc) is 2.66. The number of amides is 1. The molecule has 0 aliphatic heterocycles. The Morgan fingerprint density at radius 1 is 1.20 bits per heavy atom. The van der Waals surface area contributed by atoms with Crippen LogP contribution in [-0.2, 0) is 6.54 Å². The molecule has 2 heterocycles. The number of carbonyl (C=O) groups excluding carboxylic acids is 1. The second kappa shape index (κ2) is 7.24. The third kappa shape index (κ3) is 3.14. The monoisotopic (exact) mass is 349 g/mol. The molecule has 5 nitrogen and oxygen atoms in total. The van der Waals surface area contributed by atoms with Crippen molar-refractivity contribution in [2.24, 2.45) is 0 Å². The molecule has 0 unspecified atom stereocenters. The predicted octanol–water partition coefficient (Wildman–Crippen LogP) is 2.82. The smallest absolute Gasteiger partial charge is 0.274 e. The van der Waals surface area contributed by atoms with Crippen LogP contribution in [0.15, 0.2) is 64.4 Å². The SMILES string of the molecule is CSc1c(C#N)c(=O)n2ccccc2c1C(=O)NCc1ccccc1. The summed E-state index contributed by atoms with van der Waals surface area (Å²) in [6.45, 7) is 0.369. The molecule has 1 aromatic carbocycles. The third-order valence-corrected chi connectivity index (χ3v) is 4.66. The zero-order valence-electron chi connectivity index (χ0n) is 13.5. The summed E-state index contributed by atoms with van der Waals surface area (Å²) in [5.74, 6) is -0.312. The predicted molar refractivity (Wildman–Crippen MR) is 97.8 cm³/mol. The van der Waals surface area contributed by atoms with E-state index in [0.29, 0.717) is 22.5 Å². The first-order valence-electron chi connectivity index (χ1n) is 7.61. The Bertz CT molecular complexity index is 1040. The second-order valence-electron chi connectivity index (χ2n) is 5.32. The highest BCUT2D eigenvalue weighted by Crippen LogP contribution is 2.26. The van der Waals surface area contributed by atoms with Crippen LogP contribution in [0.1, 0.15) is 21.5 Å². The van der Waals surface area contributed by atoms with E-state index < -0.39 is 5.56 Å². The molecular weight excluding hydrogens is 334 g/mol. The normalized spacial score (nSPS) is 10.4. The lowest BCUT2D eigenvalue weighted by molar-refractivity contribution is 0.0949. The molecule has 3 aromatic rings. The fourth-order valence-corrected chi connectivity index (χ4v) is 3.41. The molecule has 0 spiro atoms. The van der Waals surface area contributed by atoms with Gasteiger partial charge >= 0.3 is 0 Å². The van der Waals surface area contributed by atoms with Crippen LogP contribution in [0.25, 0.3) is 5.52 Å². The van der Waals surface area contributed by atoms with E-state index in [2.05, 4.69) is 5.32 Å². The largest absolute Gasteiger partial charge is 0.348 e. The number of pyridine rings is 2. The van der Waals surface area contributed by atoms with Crippen molar-refractivity contribution in [1.29, 1.82) is 5.26 Å². The van der Waals surface area contributed by atoms with E-state index in [0.717, 1.165) is 5.56 Å². The fraction of sp³-hybridized carbons (Fsp3) is 0.105. The number of benzene rings is 1. The molecule has 0 aliphatic carbocycles. The van der Waals surface area contributed by atoms with Gasteiger partial charge in [-0.2, -0.15) is 5.26 Å². The lowest BCUT2D eigenvalue weighted by Gasteiger charge is -2.14. The Hall–Kier alpha value is -3.04. The van der Waals surface area contributed by atoms with Crippen LogP contribution in [0.2, 0.25) is 0 Å². The first-order valence-corrected chi connectivity index (χ1v) is 8.83. The summed E-state index contributed by atoms with van der Waals surface area (Å²) in [5, 5.41) is 12.3. The number of hydrogen-bond acceptors (Lipinski definition) is 4. The summed E-state index contributed by atoms with van der Waals surface area (Å²) >= 11 is 1.23. The van der Waals surface area contributed by atoms with Crippen LogP contribution in [0, 0.1) is 11.3 Å². The molecule has 0 saturated heterocycles. The summed E-state index contributed by atoms with van der Waals surface area (Å²) in [7, 11) is 0. The topological polar surface area (TPSA) is 74.4 Å². The van der Waals surface area contributed by atoms with Crippen LogP contribution in [0.3, 0.4) is 0 Å². The van der Waals surface area contributed by atoms with Crippen molar-refractivity contribution in [1.82, 2.24) is 9.72 Å². The van der Waals surface area contributed by atoms with Crippen LogP contribution in [-0.4, -0.2) is 16.6 Å². The minimum atomic E-state index is -0.415. The number of fused-ring (bicyclic) bond motifs is 1. The van der Waals surface area contributed by atoms with Gasteiger partial charge in [0.2, 0.25) is 0 Å². The number of nitrogens with zero attached hydrogens (tertiary/aromatic N) is 2. The molecule has 1 amide bonds. The number of hydrogen-bond donors (Lipinski definition) is 1. The second-order valence-corrected chi connectivity index (χ2v) is 6.14.